The van der Waals surface area contributed by atoms with E-state index < -0.39 is 23.6 Å². The minimum atomic E-state index is -4.57. The summed E-state index contributed by atoms with van der Waals surface area (Å²) in [5.74, 6) is -0.126. The summed E-state index contributed by atoms with van der Waals surface area (Å²) in [5.41, 5.74) is -0.861. The molecule has 158 valence electrons. The second-order valence-electron chi connectivity index (χ2n) is 6.03. The number of nitrogens with one attached hydrogen (secondary N) is 2. The number of aryl methyl sites for hydroxylation is 2. The molecule has 3 aromatic rings. The molecule has 0 aliphatic carbocycles. The number of nitrogens with zero attached hydrogens (tertiary/aromatic N) is 2. The van der Waals surface area contributed by atoms with Gasteiger partial charge in [0.15, 0.2) is 4.34 Å². The lowest BCUT2D eigenvalue weighted by molar-refractivity contribution is -0.137. The Morgan fingerprint density at radius 1 is 1.17 bits per heavy atom. The van der Waals surface area contributed by atoms with Gasteiger partial charge in [-0.15, -0.1) is 10.2 Å². The molecule has 0 unspecified atom stereocenters. The summed E-state index contributed by atoms with van der Waals surface area (Å²) in [5, 5.41) is 12.8. The number of carbonyl (C=O) groups is 2. The molecule has 1 aromatic carbocycles. The molecular formula is C18H15F3N4O3S2. The van der Waals surface area contributed by atoms with Crippen molar-refractivity contribution in [3.05, 3.63) is 53.0 Å². The van der Waals surface area contributed by atoms with Crippen molar-refractivity contribution in [2.45, 2.75) is 24.4 Å². The zero-order valence-electron chi connectivity index (χ0n) is 15.7. The van der Waals surface area contributed by atoms with E-state index in [1.165, 1.54) is 18.2 Å². The molecule has 2 heterocycles. The second kappa shape index (κ2) is 8.88. The summed E-state index contributed by atoms with van der Waals surface area (Å²) in [6.07, 6.45) is -4.57. The number of carbonyl (C=O) groups excluding carboxylic acids is 2. The number of thioether (sulfide) groups is 1. The Kier molecular flexibility index (Phi) is 6.46. The van der Waals surface area contributed by atoms with E-state index >= 15 is 0 Å². The number of amides is 2. The summed E-state index contributed by atoms with van der Waals surface area (Å²) in [6.45, 7) is 3.39. The smallest absolute Gasteiger partial charge is 0.418 e. The number of halogens is 3. The van der Waals surface area contributed by atoms with Crippen LogP contribution in [0.4, 0.5) is 24.0 Å². The first-order chi connectivity index (χ1) is 14.1. The van der Waals surface area contributed by atoms with Gasteiger partial charge in [-0.2, -0.15) is 13.2 Å². The highest BCUT2D eigenvalue weighted by Gasteiger charge is 2.33. The van der Waals surface area contributed by atoms with Crippen molar-refractivity contribution in [2.24, 2.45) is 0 Å². The standard InChI is InChI=1S/C18H15F3N4O3S2/c1-9-7-11(10(2)28-9)15(27)23-16-24-25-17(30-16)29-8-14(26)22-13-6-4-3-5-12(13)18(19,20)21/h3-7H,8H2,1-2H3,(H,22,26)(H,23,24,27). The number of alkyl halides is 3. The van der Waals surface area contributed by atoms with E-state index in [0.29, 0.717) is 21.4 Å². The van der Waals surface area contributed by atoms with Gasteiger partial charge in [-0.05, 0) is 32.0 Å². The highest BCUT2D eigenvalue weighted by molar-refractivity contribution is 8.01. The van der Waals surface area contributed by atoms with E-state index in [2.05, 4.69) is 20.8 Å². The second-order valence-corrected chi connectivity index (χ2v) is 8.23. The number of rotatable bonds is 6. The van der Waals surface area contributed by atoms with E-state index in [0.717, 1.165) is 29.2 Å². The summed E-state index contributed by atoms with van der Waals surface area (Å²) < 4.78 is 44.7. The molecule has 0 atom stereocenters. The van der Waals surface area contributed by atoms with Gasteiger partial charge in [0, 0.05) is 0 Å². The van der Waals surface area contributed by atoms with Crippen molar-refractivity contribution in [3.8, 4) is 0 Å². The highest BCUT2D eigenvalue weighted by atomic mass is 32.2. The van der Waals surface area contributed by atoms with Gasteiger partial charge in [-0.1, -0.05) is 35.2 Å². The van der Waals surface area contributed by atoms with E-state index in [1.807, 2.05) is 0 Å². The molecule has 0 radical (unpaired) electrons. The van der Waals surface area contributed by atoms with Crippen LogP contribution in [-0.2, 0) is 11.0 Å². The monoisotopic (exact) mass is 456 g/mol. The third-order valence-corrected chi connectivity index (χ3v) is 5.72. The van der Waals surface area contributed by atoms with Crippen molar-refractivity contribution in [1.29, 1.82) is 0 Å². The Morgan fingerprint density at radius 2 is 1.90 bits per heavy atom. The normalized spacial score (nSPS) is 11.4. The van der Waals surface area contributed by atoms with E-state index in [1.54, 1.807) is 19.9 Å². The lowest BCUT2D eigenvalue weighted by Gasteiger charge is -2.13. The molecule has 2 aromatic heterocycles. The van der Waals surface area contributed by atoms with E-state index in [9.17, 15) is 22.8 Å². The first kappa shape index (κ1) is 21.8. The summed E-state index contributed by atoms with van der Waals surface area (Å²) >= 11 is 2.04. The maximum atomic E-state index is 13.0. The molecule has 0 spiro atoms. The lowest BCUT2D eigenvalue weighted by Crippen LogP contribution is -2.18. The predicted octanol–water partition coefficient (Wildman–Crippen LogP) is 4.75. The zero-order valence-corrected chi connectivity index (χ0v) is 17.3. The number of para-hydroxylation sites is 1. The molecule has 0 fully saturated rings. The Labute approximate surface area is 177 Å². The number of anilines is 2. The number of benzene rings is 1. The van der Waals surface area contributed by atoms with Gasteiger partial charge in [0.1, 0.15) is 11.5 Å². The average Bonchev–Trinajstić information content (AvgIpc) is 3.25. The van der Waals surface area contributed by atoms with E-state index in [-0.39, 0.29) is 16.6 Å². The number of hydrogen-bond donors (Lipinski definition) is 2. The van der Waals surface area contributed by atoms with Crippen LogP contribution in [0.15, 0.2) is 39.1 Å². The third-order valence-electron chi connectivity index (χ3n) is 3.75. The lowest BCUT2D eigenvalue weighted by atomic mass is 10.1. The fraction of sp³-hybridized carbons (Fsp3) is 0.222. The van der Waals surface area contributed by atoms with Crippen molar-refractivity contribution in [2.75, 3.05) is 16.4 Å². The molecule has 0 bridgehead atoms. The third kappa shape index (κ3) is 5.39. The molecule has 7 nitrogen and oxygen atoms in total. The minimum Gasteiger partial charge on any atom is -0.466 e. The number of aromatic nitrogens is 2. The zero-order chi connectivity index (χ0) is 21.9. The molecule has 0 aliphatic rings. The van der Waals surface area contributed by atoms with Gasteiger partial charge in [0.05, 0.1) is 22.6 Å². The first-order valence-corrected chi connectivity index (χ1v) is 10.2. The van der Waals surface area contributed by atoms with Crippen LogP contribution >= 0.6 is 23.1 Å². The van der Waals surface area contributed by atoms with E-state index in [4.69, 9.17) is 4.42 Å². The molecule has 2 N–H and O–H groups in total. The number of hydrogen-bond acceptors (Lipinski definition) is 7. The van der Waals surface area contributed by atoms with Gasteiger partial charge in [0.2, 0.25) is 11.0 Å². The van der Waals surface area contributed by atoms with Crippen LogP contribution in [0.5, 0.6) is 0 Å². The SMILES string of the molecule is Cc1cc(C(=O)Nc2nnc(SCC(=O)Nc3ccccc3C(F)(F)F)s2)c(C)o1. The molecule has 30 heavy (non-hydrogen) atoms. The van der Waals surface area contributed by atoms with Gasteiger partial charge in [-0.25, -0.2) is 0 Å². The Morgan fingerprint density at radius 3 is 2.57 bits per heavy atom. The van der Waals surface area contributed by atoms with Crippen LogP contribution in [-0.4, -0.2) is 27.8 Å². The van der Waals surface area contributed by atoms with Crippen molar-refractivity contribution in [1.82, 2.24) is 10.2 Å². The quantitative estimate of drug-likeness (QED) is 0.410. The highest BCUT2D eigenvalue weighted by Crippen LogP contribution is 2.34. The first-order valence-electron chi connectivity index (χ1n) is 8.44. The average molecular weight is 456 g/mol. The summed E-state index contributed by atoms with van der Waals surface area (Å²) in [7, 11) is 0. The molecule has 3 rings (SSSR count). The van der Waals surface area contributed by atoms with Gasteiger partial charge in [0.25, 0.3) is 5.91 Å². The van der Waals surface area contributed by atoms with Crippen molar-refractivity contribution in [3.63, 3.8) is 0 Å². The molecule has 2 amide bonds. The van der Waals surface area contributed by atoms with Crippen LogP contribution in [0, 0.1) is 13.8 Å². The fourth-order valence-electron chi connectivity index (χ4n) is 2.49. The number of furan rings is 1. The molecule has 12 heteroatoms. The van der Waals surface area contributed by atoms with Crippen molar-refractivity contribution >= 4 is 45.7 Å². The van der Waals surface area contributed by atoms with Crippen molar-refractivity contribution < 1.29 is 27.2 Å². The molecular weight excluding hydrogens is 441 g/mol. The Balaban J connectivity index is 1.56. The maximum Gasteiger partial charge on any atom is 0.418 e. The minimum absolute atomic E-state index is 0.172. The molecule has 0 saturated heterocycles. The van der Waals surface area contributed by atoms with Gasteiger partial charge in [-0.3, -0.25) is 14.9 Å². The summed E-state index contributed by atoms with van der Waals surface area (Å²) in [6, 6.07) is 6.33. The summed E-state index contributed by atoms with van der Waals surface area (Å²) in [4.78, 5) is 24.3. The molecule has 0 aliphatic heterocycles. The fourth-order valence-corrected chi connectivity index (χ4v) is 4.04. The van der Waals surface area contributed by atoms with Gasteiger partial charge >= 0.3 is 6.18 Å². The maximum absolute atomic E-state index is 13.0. The van der Waals surface area contributed by atoms with Crippen LogP contribution in [0.2, 0.25) is 0 Å². The predicted molar refractivity (Wildman–Crippen MR) is 107 cm³/mol. The van der Waals surface area contributed by atoms with Crippen LogP contribution < -0.4 is 10.6 Å². The van der Waals surface area contributed by atoms with Gasteiger partial charge < -0.3 is 9.73 Å². The van der Waals surface area contributed by atoms with Crippen LogP contribution in [0.3, 0.4) is 0 Å². The topological polar surface area (TPSA) is 97.1 Å². The van der Waals surface area contributed by atoms with Crippen LogP contribution in [0.25, 0.3) is 0 Å². The largest absolute Gasteiger partial charge is 0.466 e. The molecule has 0 saturated carbocycles. The van der Waals surface area contributed by atoms with Crippen LogP contribution in [0.1, 0.15) is 27.4 Å². The Bertz CT molecular complexity index is 1080. The Hall–Kier alpha value is -2.86.